The highest BCUT2D eigenvalue weighted by Gasteiger charge is 2.27. The van der Waals surface area contributed by atoms with Crippen LogP contribution in [0.4, 0.5) is 0 Å². The molecule has 2 aliphatic heterocycles. The molecule has 0 bridgehead atoms. The molecule has 100 valence electrons. The smallest absolute Gasteiger partial charge is 0.111 e. The van der Waals surface area contributed by atoms with Crippen LogP contribution in [0.2, 0.25) is 0 Å². The standard InChI is InChI=1S/C13H22N4S/c1-16-6-7-17(2)12(8-16)13-15-11(9-18-13)10-4-3-5-14-10/h9-10,12,14H,3-8H2,1-2H3. The monoisotopic (exact) mass is 266 g/mol. The molecule has 1 aromatic rings. The maximum Gasteiger partial charge on any atom is 0.111 e. The summed E-state index contributed by atoms with van der Waals surface area (Å²) in [5, 5.41) is 7.06. The highest BCUT2D eigenvalue weighted by Crippen LogP contribution is 2.30. The van der Waals surface area contributed by atoms with Gasteiger partial charge in [-0.3, -0.25) is 4.90 Å². The second-order valence-corrected chi connectivity index (χ2v) is 6.41. The van der Waals surface area contributed by atoms with Gasteiger partial charge in [-0.25, -0.2) is 4.98 Å². The van der Waals surface area contributed by atoms with Gasteiger partial charge in [0.15, 0.2) is 0 Å². The number of rotatable bonds is 2. The third-order valence-electron chi connectivity index (χ3n) is 4.09. The second-order valence-electron chi connectivity index (χ2n) is 5.52. The molecule has 0 aromatic carbocycles. The molecule has 3 rings (SSSR count). The Hall–Kier alpha value is -0.490. The first kappa shape index (κ1) is 12.5. The fourth-order valence-electron chi connectivity index (χ4n) is 2.83. The molecule has 0 amide bonds. The highest BCUT2D eigenvalue weighted by molar-refractivity contribution is 7.09. The van der Waals surface area contributed by atoms with E-state index in [4.69, 9.17) is 4.98 Å². The fourth-order valence-corrected chi connectivity index (χ4v) is 3.86. The van der Waals surface area contributed by atoms with Gasteiger partial charge in [-0.05, 0) is 33.5 Å². The van der Waals surface area contributed by atoms with Gasteiger partial charge in [0, 0.05) is 25.0 Å². The first-order valence-corrected chi connectivity index (χ1v) is 7.69. The summed E-state index contributed by atoms with van der Waals surface area (Å²) in [6, 6.07) is 0.977. The van der Waals surface area contributed by atoms with Gasteiger partial charge in [-0.2, -0.15) is 0 Å². The molecule has 3 heterocycles. The number of hydrogen-bond acceptors (Lipinski definition) is 5. The van der Waals surface area contributed by atoms with Crippen molar-refractivity contribution < 1.29 is 0 Å². The lowest BCUT2D eigenvalue weighted by Gasteiger charge is -2.36. The summed E-state index contributed by atoms with van der Waals surface area (Å²) in [4.78, 5) is 9.73. The minimum atomic E-state index is 0.476. The first-order valence-electron chi connectivity index (χ1n) is 6.81. The minimum Gasteiger partial charge on any atom is -0.309 e. The quantitative estimate of drug-likeness (QED) is 0.879. The van der Waals surface area contributed by atoms with E-state index >= 15 is 0 Å². The lowest BCUT2D eigenvalue weighted by molar-refractivity contribution is 0.115. The van der Waals surface area contributed by atoms with Gasteiger partial charge < -0.3 is 10.2 Å². The molecule has 18 heavy (non-hydrogen) atoms. The van der Waals surface area contributed by atoms with Crippen LogP contribution in [-0.4, -0.2) is 55.1 Å². The molecule has 5 heteroatoms. The van der Waals surface area contributed by atoms with Crippen LogP contribution in [0.25, 0.3) is 0 Å². The van der Waals surface area contributed by atoms with Gasteiger partial charge in [0.05, 0.1) is 17.8 Å². The van der Waals surface area contributed by atoms with E-state index in [9.17, 15) is 0 Å². The van der Waals surface area contributed by atoms with Crippen molar-refractivity contribution in [1.82, 2.24) is 20.1 Å². The van der Waals surface area contributed by atoms with E-state index in [2.05, 4.69) is 34.6 Å². The lowest BCUT2D eigenvalue weighted by Crippen LogP contribution is -2.44. The second kappa shape index (κ2) is 5.25. The summed E-state index contributed by atoms with van der Waals surface area (Å²) in [6.45, 7) is 4.54. The molecule has 0 saturated carbocycles. The molecule has 2 saturated heterocycles. The number of nitrogens with one attached hydrogen (secondary N) is 1. The Morgan fingerprint density at radius 1 is 1.39 bits per heavy atom. The van der Waals surface area contributed by atoms with Crippen molar-refractivity contribution in [2.45, 2.75) is 24.9 Å². The molecular weight excluding hydrogens is 244 g/mol. The van der Waals surface area contributed by atoms with Gasteiger partial charge >= 0.3 is 0 Å². The van der Waals surface area contributed by atoms with E-state index in [0.717, 1.165) is 26.2 Å². The average molecular weight is 266 g/mol. The van der Waals surface area contributed by atoms with Crippen molar-refractivity contribution >= 4 is 11.3 Å². The molecule has 0 aliphatic carbocycles. The topological polar surface area (TPSA) is 31.4 Å². The van der Waals surface area contributed by atoms with E-state index < -0.39 is 0 Å². The Labute approximate surface area is 113 Å². The summed E-state index contributed by atoms with van der Waals surface area (Å²) < 4.78 is 0. The van der Waals surface area contributed by atoms with E-state index in [-0.39, 0.29) is 0 Å². The molecule has 2 aliphatic rings. The SMILES string of the molecule is CN1CCN(C)C(c2nc(C3CCCN3)cs2)C1. The van der Waals surface area contributed by atoms with Gasteiger partial charge in [0.1, 0.15) is 5.01 Å². The summed E-state index contributed by atoms with van der Waals surface area (Å²) in [5.41, 5.74) is 1.26. The number of thiazole rings is 1. The molecule has 0 radical (unpaired) electrons. The van der Waals surface area contributed by atoms with Crippen molar-refractivity contribution in [2.24, 2.45) is 0 Å². The van der Waals surface area contributed by atoms with Crippen LogP contribution in [0.15, 0.2) is 5.38 Å². The van der Waals surface area contributed by atoms with Crippen molar-refractivity contribution in [3.8, 4) is 0 Å². The van der Waals surface area contributed by atoms with E-state index in [1.54, 1.807) is 0 Å². The normalized spacial score (nSPS) is 31.0. The van der Waals surface area contributed by atoms with Gasteiger partial charge in [0.2, 0.25) is 0 Å². The van der Waals surface area contributed by atoms with Crippen molar-refractivity contribution in [2.75, 3.05) is 40.3 Å². The number of nitrogens with zero attached hydrogens (tertiary/aromatic N) is 3. The van der Waals surface area contributed by atoms with Crippen molar-refractivity contribution in [1.29, 1.82) is 0 Å². The largest absolute Gasteiger partial charge is 0.309 e. The maximum atomic E-state index is 4.89. The summed E-state index contributed by atoms with van der Waals surface area (Å²) in [5.74, 6) is 0. The van der Waals surface area contributed by atoms with Crippen LogP contribution in [-0.2, 0) is 0 Å². The van der Waals surface area contributed by atoms with Gasteiger partial charge in [-0.15, -0.1) is 11.3 Å². The molecule has 2 unspecified atom stereocenters. The zero-order valence-electron chi connectivity index (χ0n) is 11.2. The molecule has 1 N–H and O–H groups in total. The lowest BCUT2D eigenvalue weighted by atomic mass is 10.1. The molecule has 2 fully saturated rings. The van der Waals surface area contributed by atoms with E-state index in [1.165, 1.54) is 23.5 Å². The average Bonchev–Trinajstić information content (AvgIpc) is 3.00. The third kappa shape index (κ3) is 2.45. The number of piperazine rings is 1. The van der Waals surface area contributed by atoms with Crippen LogP contribution < -0.4 is 5.32 Å². The summed E-state index contributed by atoms with van der Waals surface area (Å²) in [6.07, 6.45) is 2.52. The molecule has 2 atom stereocenters. The maximum absolute atomic E-state index is 4.89. The van der Waals surface area contributed by atoms with E-state index in [1.807, 2.05) is 11.3 Å². The van der Waals surface area contributed by atoms with Crippen LogP contribution in [0.3, 0.4) is 0 Å². The Bertz CT molecular complexity index is 399. The van der Waals surface area contributed by atoms with Crippen LogP contribution in [0, 0.1) is 0 Å². The zero-order valence-corrected chi connectivity index (χ0v) is 12.0. The molecule has 0 spiro atoms. The van der Waals surface area contributed by atoms with Crippen LogP contribution in [0.1, 0.15) is 35.6 Å². The van der Waals surface area contributed by atoms with Gasteiger partial charge in [-0.1, -0.05) is 0 Å². The summed E-state index contributed by atoms with van der Waals surface area (Å²) in [7, 11) is 4.42. The van der Waals surface area contributed by atoms with Crippen LogP contribution in [0.5, 0.6) is 0 Å². The Morgan fingerprint density at radius 3 is 3.06 bits per heavy atom. The Kier molecular flexibility index (Phi) is 3.66. The molecule has 4 nitrogen and oxygen atoms in total. The molecule has 1 aromatic heterocycles. The predicted octanol–water partition coefficient (Wildman–Crippen LogP) is 1.49. The van der Waals surface area contributed by atoms with Gasteiger partial charge in [0.25, 0.3) is 0 Å². The highest BCUT2D eigenvalue weighted by atomic mass is 32.1. The Morgan fingerprint density at radius 2 is 2.28 bits per heavy atom. The Balaban J connectivity index is 1.75. The van der Waals surface area contributed by atoms with Crippen LogP contribution >= 0.6 is 11.3 Å². The first-order chi connectivity index (χ1) is 8.74. The predicted molar refractivity (Wildman–Crippen MR) is 75.0 cm³/mol. The van der Waals surface area contributed by atoms with Crippen molar-refractivity contribution in [3.63, 3.8) is 0 Å². The fraction of sp³-hybridized carbons (Fsp3) is 0.769. The van der Waals surface area contributed by atoms with Crippen molar-refractivity contribution in [3.05, 3.63) is 16.1 Å². The molecular formula is C13H22N4S. The minimum absolute atomic E-state index is 0.476. The summed E-state index contributed by atoms with van der Waals surface area (Å²) >= 11 is 1.83. The zero-order chi connectivity index (χ0) is 12.5. The van der Waals surface area contributed by atoms with E-state index in [0.29, 0.717) is 12.1 Å². The number of likely N-dealkylation sites (N-methyl/N-ethyl adjacent to an activating group) is 2. The third-order valence-corrected chi connectivity index (χ3v) is 5.06. The number of hydrogen-bond donors (Lipinski definition) is 1. The number of aromatic nitrogens is 1.